The van der Waals surface area contributed by atoms with E-state index in [-0.39, 0.29) is 35.7 Å². The molecule has 1 aromatic heterocycles. The molecule has 7 nitrogen and oxygen atoms in total. The van der Waals surface area contributed by atoms with Crippen molar-refractivity contribution in [1.29, 1.82) is 0 Å². The number of piperidine rings is 1. The van der Waals surface area contributed by atoms with Crippen LogP contribution in [0.5, 0.6) is 0 Å². The SMILES string of the molecule is CNC(=O)c1ccsc1NC(=O)C1CCN(S(=O)(=O)c2ccc(SC)cc2)CC1. The topological polar surface area (TPSA) is 95.6 Å². The van der Waals surface area contributed by atoms with Crippen molar-refractivity contribution in [3.05, 3.63) is 41.3 Å². The molecule has 1 aromatic carbocycles. The number of benzene rings is 1. The molecule has 2 N–H and O–H groups in total. The fraction of sp³-hybridized carbons (Fsp3) is 0.368. The lowest BCUT2D eigenvalue weighted by Gasteiger charge is -2.30. The van der Waals surface area contributed by atoms with Gasteiger partial charge in [-0.2, -0.15) is 4.31 Å². The zero-order chi connectivity index (χ0) is 21.0. The van der Waals surface area contributed by atoms with E-state index < -0.39 is 10.0 Å². The largest absolute Gasteiger partial charge is 0.355 e. The lowest BCUT2D eigenvalue weighted by Crippen LogP contribution is -2.41. The van der Waals surface area contributed by atoms with Crippen molar-refractivity contribution in [2.45, 2.75) is 22.6 Å². The quantitative estimate of drug-likeness (QED) is 0.656. The fourth-order valence-corrected chi connectivity index (χ4v) is 5.85. The molecule has 1 saturated heterocycles. The van der Waals surface area contributed by atoms with E-state index in [9.17, 15) is 18.0 Å². The Balaban J connectivity index is 1.62. The summed E-state index contributed by atoms with van der Waals surface area (Å²) in [6.45, 7) is 0.578. The number of rotatable bonds is 6. The number of nitrogens with one attached hydrogen (secondary N) is 2. The molecule has 0 spiro atoms. The van der Waals surface area contributed by atoms with Crippen LogP contribution in [0.15, 0.2) is 45.5 Å². The van der Waals surface area contributed by atoms with Gasteiger partial charge >= 0.3 is 0 Å². The van der Waals surface area contributed by atoms with Crippen molar-refractivity contribution in [3.63, 3.8) is 0 Å². The van der Waals surface area contributed by atoms with E-state index in [0.717, 1.165) is 4.90 Å². The lowest BCUT2D eigenvalue weighted by molar-refractivity contribution is -0.120. The van der Waals surface area contributed by atoms with E-state index in [0.29, 0.717) is 23.4 Å². The molecule has 0 saturated carbocycles. The highest BCUT2D eigenvalue weighted by molar-refractivity contribution is 7.98. The van der Waals surface area contributed by atoms with E-state index in [1.807, 2.05) is 6.26 Å². The Hall–Kier alpha value is -1.88. The standard InChI is InChI=1S/C19H23N3O4S3/c1-20-18(24)16-9-12-28-19(16)21-17(23)13-7-10-22(11-8-13)29(25,26)15-5-3-14(27-2)4-6-15/h3-6,9,12-13H,7-8,10-11H2,1-2H3,(H,20,24)(H,21,23). The van der Waals surface area contributed by atoms with Crippen LogP contribution in [-0.2, 0) is 14.8 Å². The predicted molar refractivity (Wildman–Crippen MR) is 116 cm³/mol. The van der Waals surface area contributed by atoms with Gasteiger partial charge in [-0.25, -0.2) is 8.42 Å². The summed E-state index contributed by atoms with van der Waals surface area (Å²) in [6.07, 6.45) is 2.82. The van der Waals surface area contributed by atoms with E-state index in [1.54, 1.807) is 47.5 Å². The Bertz CT molecular complexity index is 978. The minimum atomic E-state index is -3.57. The van der Waals surface area contributed by atoms with Crippen LogP contribution in [0.2, 0.25) is 0 Å². The summed E-state index contributed by atoms with van der Waals surface area (Å²) in [5.41, 5.74) is 0.430. The van der Waals surface area contributed by atoms with Crippen LogP contribution in [0.1, 0.15) is 23.2 Å². The van der Waals surface area contributed by atoms with Crippen LogP contribution in [0, 0.1) is 5.92 Å². The molecule has 1 aliphatic heterocycles. The van der Waals surface area contributed by atoms with Gasteiger partial charge in [-0.1, -0.05) is 0 Å². The monoisotopic (exact) mass is 453 g/mol. The number of thiophene rings is 1. The number of carbonyl (C=O) groups excluding carboxylic acids is 2. The molecule has 1 fully saturated rings. The minimum absolute atomic E-state index is 0.182. The van der Waals surface area contributed by atoms with Crippen molar-refractivity contribution < 1.29 is 18.0 Å². The number of anilines is 1. The molecule has 0 aliphatic carbocycles. The van der Waals surface area contributed by atoms with Gasteiger partial charge in [-0.05, 0) is 54.8 Å². The zero-order valence-corrected chi connectivity index (χ0v) is 18.6. The van der Waals surface area contributed by atoms with E-state index >= 15 is 0 Å². The minimum Gasteiger partial charge on any atom is -0.355 e. The molecule has 1 aliphatic rings. The molecule has 2 heterocycles. The highest BCUT2D eigenvalue weighted by Gasteiger charge is 2.32. The predicted octanol–water partition coefficient (Wildman–Crippen LogP) is 2.87. The molecule has 10 heteroatoms. The van der Waals surface area contributed by atoms with Crippen LogP contribution in [0.4, 0.5) is 5.00 Å². The van der Waals surface area contributed by atoms with Gasteiger partial charge in [0.2, 0.25) is 15.9 Å². The Labute approximate surface area is 178 Å². The molecule has 2 amide bonds. The summed E-state index contributed by atoms with van der Waals surface area (Å²) in [4.78, 5) is 25.7. The molecular weight excluding hydrogens is 430 g/mol. The first kappa shape index (κ1) is 21.8. The Morgan fingerprint density at radius 2 is 1.79 bits per heavy atom. The van der Waals surface area contributed by atoms with Gasteiger partial charge in [0.1, 0.15) is 5.00 Å². The summed E-state index contributed by atoms with van der Waals surface area (Å²) in [5, 5.41) is 7.63. The second-order valence-corrected chi connectivity index (χ2v) is 10.3. The highest BCUT2D eigenvalue weighted by Crippen LogP contribution is 2.28. The smallest absolute Gasteiger partial charge is 0.254 e. The maximum Gasteiger partial charge on any atom is 0.254 e. The number of amides is 2. The van der Waals surface area contributed by atoms with Gasteiger partial charge in [0.25, 0.3) is 5.91 Å². The average molecular weight is 454 g/mol. The van der Waals surface area contributed by atoms with Crippen molar-refractivity contribution in [2.24, 2.45) is 5.92 Å². The van der Waals surface area contributed by atoms with Crippen molar-refractivity contribution >= 4 is 49.9 Å². The lowest BCUT2D eigenvalue weighted by atomic mass is 9.97. The number of hydrogen-bond acceptors (Lipinski definition) is 6. The van der Waals surface area contributed by atoms with Crippen LogP contribution in [-0.4, -0.2) is 50.9 Å². The molecule has 0 radical (unpaired) electrons. The van der Waals surface area contributed by atoms with Gasteiger partial charge in [-0.15, -0.1) is 23.1 Å². The first-order chi connectivity index (χ1) is 13.9. The van der Waals surface area contributed by atoms with E-state index in [1.165, 1.54) is 22.7 Å². The molecule has 0 unspecified atom stereocenters. The molecule has 2 aromatic rings. The van der Waals surface area contributed by atoms with Gasteiger partial charge < -0.3 is 10.6 Å². The number of sulfonamides is 1. The Morgan fingerprint density at radius 3 is 2.38 bits per heavy atom. The van der Waals surface area contributed by atoms with E-state index in [2.05, 4.69) is 10.6 Å². The maximum absolute atomic E-state index is 12.8. The molecule has 29 heavy (non-hydrogen) atoms. The van der Waals surface area contributed by atoms with Crippen LogP contribution in [0.25, 0.3) is 0 Å². The van der Waals surface area contributed by atoms with Gasteiger partial charge in [0, 0.05) is 31.0 Å². The van der Waals surface area contributed by atoms with Crippen LogP contribution in [0.3, 0.4) is 0 Å². The third kappa shape index (κ3) is 4.82. The Morgan fingerprint density at radius 1 is 1.14 bits per heavy atom. The maximum atomic E-state index is 12.8. The van der Waals surface area contributed by atoms with E-state index in [4.69, 9.17) is 0 Å². The van der Waals surface area contributed by atoms with Crippen molar-refractivity contribution in [2.75, 3.05) is 31.7 Å². The summed E-state index contributed by atoms with van der Waals surface area (Å²) >= 11 is 2.85. The molecule has 156 valence electrons. The van der Waals surface area contributed by atoms with Crippen molar-refractivity contribution in [3.8, 4) is 0 Å². The average Bonchev–Trinajstić information content (AvgIpc) is 3.21. The van der Waals surface area contributed by atoms with Crippen molar-refractivity contribution in [1.82, 2.24) is 9.62 Å². The molecule has 0 atom stereocenters. The zero-order valence-electron chi connectivity index (χ0n) is 16.2. The number of nitrogens with zero attached hydrogens (tertiary/aromatic N) is 1. The highest BCUT2D eigenvalue weighted by atomic mass is 32.2. The third-order valence-corrected chi connectivity index (χ3v) is 8.38. The number of carbonyl (C=O) groups is 2. The molecule has 0 bridgehead atoms. The van der Waals surface area contributed by atoms with Gasteiger partial charge in [-0.3, -0.25) is 9.59 Å². The Kier molecular flexibility index (Phi) is 6.99. The second kappa shape index (κ2) is 9.29. The third-order valence-electron chi connectivity index (χ3n) is 4.90. The number of thioether (sulfide) groups is 1. The van der Waals surface area contributed by atoms with Gasteiger partial charge in [0.15, 0.2) is 0 Å². The summed E-state index contributed by atoms with van der Waals surface area (Å²) in [7, 11) is -2.03. The molecular formula is C19H23N3O4S3. The van der Waals surface area contributed by atoms with Crippen LogP contribution >= 0.6 is 23.1 Å². The van der Waals surface area contributed by atoms with Crippen LogP contribution < -0.4 is 10.6 Å². The first-order valence-corrected chi connectivity index (χ1v) is 12.7. The second-order valence-electron chi connectivity index (χ2n) is 6.59. The number of hydrogen-bond donors (Lipinski definition) is 2. The normalized spacial score (nSPS) is 15.8. The summed E-state index contributed by atoms with van der Waals surface area (Å²) < 4.78 is 27.1. The first-order valence-electron chi connectivity index (χ1n) is 9.11. The fourth-order valence-electron chi connectivity index (χ4n) is 3.19. The van der Waals surface area contributed by atoms with Gasteiger partial charge in [0.05, 0.1) is 10.5 Å². The molecule has 3 rings (SSSR count). The summed E-state index contributed by atoms with van der Waals surface area (Å²) in [5.74, 6) is -0.728. The summed E-state index contributed by atoms with van der Waals surface area (Å²) in [6, 6.07) is 8.50.